The summed E-state index contributed by atoms with van der Waals surface area (Å²) in [6.45, 7) is 1.43. The van der Waals surface area contributed by atoms with Crippen LogP contribution in [-0.4, -0.2) is 22.9 Å². The van der Waals surface area contributed by atoms with Crippen molar-refractivity contribution in [1.82, 2.24) is 5.32 Å². The summed E-state index contributed by atoms with van der Waals surface area (Å²) in [7, 11) is 0. The van der Waals surface area contributed by atoms with Gasteiger partial charge in [-0.05, 0) is 34.4 Å². The van der Waals surface area contributed by atoms with Crippen molar-refractivity contribution in [2.45, 2.75) is 13.0 Å². The number of aliphatic carboxylic acids is 1. The van der Waals surface area contributed by atoms with E-state index in [0.29, 0.717) is 5.69 Å². The quantitative estimate of drug-likeness (QED) is 0.748. The minimum atomic E-state index is -1.18. The van der Waals surface area contributed by atoms with Gasteiger partial charge in [0.15, 0.2) is 0 Å². The number of rotatable bonds is 4. The van der Waals surface area contributed by atoms with E-state index in [1.165, 1.54) is 6.92 Å². The SMILES string of the molecule is CC(=O)Nc1ccc2c(c1)C(NC(=O)/C=C/C(=O)O)c1ccccc1-2. The molecule has 0 heterocycles. The molecular weight excluding hydrogens is 320 g/mol. The van der Waals surface area contributed by atoms with E-state index in [9.17, 15) is 14.4 Å². The molecule has 0 aliphatic heterocycles. The fourth-order valence-electron chi connectivity index (χ4n) is 2.98. The van der Waals surface area contributed by atoms with Crippen molar-refractivity contribution in [3.63, 3.8) is 0 Å². The number of anilines is 1. The molecule has 2 amide bonds. The highest BCUT2D eigenvalue weighted by Gasteiger charge is 2.29. The van der Waals surface area contributed by atoms with Gasteiger partial charge < -0.3 is 15.7 Å². The molecule has 0 fully saturated rings. The molecule has 1 unspecified atom stereocenters. The number of hydrogen-bond acceptors (Lipinski definition) is 3. The topological polar surface area (TPSA) is 95.5 Å². The maximum Gasteiger partial charge on any atom is 0.328 e. The van der Waals surface area contributed by atoms with Crippen LogP contribution in [0.4, 0.5) is 5.69 Å². The molecule has 2 aromatic carbocycles. The van der Waals surface area contributed by atoms with Crippen LogP contribution in [0.2, 0.25) is 0 Å². The van der Waals surface area contributed by atoms with Crippen molar-refractivity contribution in [2.24, 2.45) is 0 Å². The number of nitrogens with one attached hydrogen (secondary N) is 2. The molecule has 3 N–H and O–H groups in total. The number of benzene rings is 2. The maximum atomic E-state index is 12.1. The van der Waals surface area contributed by atoms with E-state index in [-0.39, 0.29) is 5.91 Å². The van der Waals surface area contributed by atoms with Crippen molar-refractivity contribution >= 4 is 23.5 Å². The van der Waals surface area contributed by atoms with Crippen LogP contribution in [0.15, 0.2) is 54.6 Å². The standard InChI is InChI=1S/C19H16N2O4/c1-11(22)20-12-6-7-14-13-4-2-3-5-15(13)19(16(14)10-12)21-17(23)8-9-18(24)25/h2-10,19H,1H3,(H,20,22)(H,21,23)(H,24,25)/b9-8+. The molecule has 2 aromatic rings. The lowest BCUT2D eigenvalue weighted by Gasteiger charge is -2.15. The fraction of sp³-hybridized carbons (Fsp3) is 0.105. The first-order chi connectivity index (χ1) is 12.0. The van der Waals surface area contributed by atoms with Gasteiger partial charge in [0, 0.05) is 24.8 Å². The third-order valence-corrected chi connectivity index (χ3v) is 3.91. The number of carbonyl (C=O) groups excluding carboxylic acids is 2. The summed E-state index contributed by atoms with van der Waals surface area (Å²) >= 11 is 0. The van der Waals surface area contributed by atoms with Crippen LogP contribution in [-0.2, 0) is 14.4 Å². The van der Waals surface area contributed by atoms with Gasteiger partial charge in [-0.1, -0.05) is 30.3 Å². The first-order valence-corrected chi connectivity index (χ1v) is 7.68. The second kappa shape index (κ2) is 6.60. The van der Waals surface area contributed by atoms with Gasteiger partial charge in [-0.25, -0.2) is 4.79 Å². The number of carboxylic acid groups (broad SMARTS) is 1. The molecule has 0 radical (unpaired) electrons. The van der Waals surface area contributed by atoms with Crippen LogP contribution in [0.5, 0.6) is 0 Å². The normalized spacial score (nSPS) is 14.7. The Kier molecular flexibility index (Phi) is 4.35. The van der Waals surface area contributed by atoms with Crippen LogP contribution >= 0.6 is 0 Å². The van der Waals surface area contributed by atoms with Gasteiger partial charge >= 0.3 is 5.97 Å². The summed E-state index contributed by atoms with van der Waals surface area (Å²) in [5.74, 6) is -1.87. The molecular formula is C19H16N2O4. The highest BCUT2D eigenvalue weighted by Crippen LogP contribution is 2.44. The summed E-state index contributed by atoms with van der Waals surface area (Å²) in [4.78, 5) is 33.9. The van der Waals surface area contributed by atoms with Crippen molar-refractivity contribution in [1.29, 1.82) is 0 Å². The molecule has 126 valence electrons. The molecule has 0 saturated heterocycles. The number of amides is 2. The van der Waals surface area contributed by atoms with Gasteiger partial charge in [-0.3, -0.25) is 9.59 Å². The third-order valence-electron chi connectivity index (χ3n) is 3.91. The number of fused-ring (bicyclic) bond motifs is 3. The fourth-order valence-corrected chi connectivity index (χ4v) is 2.98. The van der Waals surface area contributed by atoms with E-state index in [4.69, 9.17) is 5.11 Å². The van der Waals surface area contributed by atoms with E-state index in [1.807, 2.05) is 42.5 Å². The van der Waals surface area contributed by atoms with Crippen LogP contribution < -0.4 is 10.6 Å². The molecule has 0 saturated carbocycles. The first kappa shape index (κ1) is 16.4. The van der Waals surface area contributed by atoms with Crippen molar-refractivity contribution in [3.05, 3.63) is 65.7 Å². The molecule has 3 rings (SSSR count). The molecule has 6 heteroatoms. The monoisotopic (exact) mass is 336 g/mol. The smallest absolute Gasteiger partial charge is 0.328 e. The predicted octanol–water partition coefficient (Wildman–Crippen LogP) is 2.47. The van der Waals surface area contributed by atoms with E-state index < -0.39 is 17.9 Å². The summed E-state index contributed by atoms with van der Waals surface area (Å²) in [5.41, 5.74) is 4.38. The molecule has 1 atom stereocenters. The molecule has 1 aliphatic carbocycles. The minimum absolute atomic E-state index is 0.180. The van der Waals surface area contributed by atoms with E-state index >= 15 is 0 Å². The molecule has 25 heavy (non-hydrogen) atoms. The number of carbonyl (C=O) groups is 3. The lowest BCUT2D eigenvalue weighted by Crippen LogP contribution is -2.26. The average molecular weight is 336 g/mol. The minimum Gasteiger partial charge on any atom is -0.478 e. The second-order valence-corrected chi connectivity index (χ2v) is 5.68. The zero-order chi connectivity index (χ0) is 18.0. The predicted molar refractivity (Wildman–Crippen MR) is 92.9 cm³/mol. The highest BCUT2D eigenvalue weighted by atomic mass is 16.4. The summed E-state index contributed by atoms with van der Waals surface area (Å²) < 4.78 is 0. The average Bonchev–Trinajstić information content (AvgIpc) is 2.86. The molecule has 1 aliphatic rings. The van der Waals surface area contributed by atoms with Gasteiger partial charge in [0.2, 0.25) is 11.8 Å². The van der Waals surface area contributed by atoms with Crippen LogP contribution in [0.25, 0.3) is 11.1 Å². The van der Waals surface area contributed by atoms with Crippen LogP contribution in [0.3, 0.4) is 0 Å². The molecule has 0 aromatic heterocycles. The van der Waals surface area contributed by atoms with Crippen LogP contribution in [0, 0.1) is 0 Å². The van der Waals surface area contributed by atoms with Gasteiger partial charge in [0.05, 0.1) is 6.04 Å². The second-order valence-electron chi connectivity index (χ2n) is 5.68. The summed E-state index contributed by atoms with van der Waals surface area (Å²) in [6.07, 6.45) is 1.78. The third kappa shape index (κ3) is 3.42. The number of carboxylic acids is 1. The van der Waals surface area contributed by atoms with Gasteiger partial charge in [-0.2, -0.15) is 0 Å². The Morgan fingerprint density at radius 3 is 2.44 bits per heavy atom. The van der Waals surface area contributed by atoms with E-state index in [1.54, 1.807) is 0 Å². The molecule has 0 bridgehead atoms. The number of hydrogen-bond donors (Lipinski definition) is 3. The lowest BCUT2D eigenvalue weighted by atomic mass is 10.0. The molecule has 0 spiro atoms. The first-order valence-electron chi connectivity index (χ1n) is 7.68. The van der Waals surface area contributed by atoms with E-state index in [2.05, 4.69) is 10.6 Å². The van der Waals surface area contributed by atoms with Crippen molar-refractivity contribution in [3.8, 4) is 11.1 Å². The largest absolute Gasteiger partial charge is 0.478 e. The Hall–Kier alpha value is -3.41. The van der Waals surface area contributed by atoms with Gasteiger partial charge in [0.25, 0.3) is 0 Å². The Labute approximate surface area is 144 Å². The van der Waals surface area contributed by atoms with Crippen LogP contribution in [0.1, 0.15) is 24.1 Å². The Morgan fingerprint density at radius 2 is 1.72 bits per heavy atom. The Bertz CT molecular complexity index is 902. The molecule has 6 nitrogen and oxygen atoms in total. The summed E-state index contributed by atoms with van der Waals surface area (Å²) in [6, 6.07) is 12.8. The van der Waals surface area contributed by atoms with Crippen molar-refractivity contribution < 1.29 is 19.5 Å². The lowest BCUT2D eigenvalue weighted by molar-refractivity contribution is -0.131. The zero-order valence-electron chi connectivity index (χ0n) is 13.4. The Balaban J connectivity index is 1.99. The summed E-state index contributed by atoms with van der Waals surface area (Å²) in [5, 5.41) is 14.2. The maximum absolute atomic E-state index is 12.1. The van der Waals surface area contributed by atoms with Gasteiger partial charge in [-0.15, -0.1) is 0 Å². The Morgan fingerprint density at radius 1 is 1.00 bits per heavy atom. The van der Waals surface area contributed by atoms with E-state index in [0.717, 1.165) is 34.4 Å². The van der Waals surface area contributed by atoms with Gasteiger partial charge in [0.1, 0.15) is 0 Å². The van der Waals surface area contributed by atoms with Crippen molar-refractivity contribution in [2.75, 3.05) is 5.32 Å². The highest BCUT2D eigenvalue weighted by molar-refractivity contribution is 5.95. The zero-order valence-corrected chi connectivity index (χ0v) is 13.4.